The van der Waals surface area contributed by atoms with Gasteiger partial charge in [0.1, 0.15) is 5.82 Å². The number of nitrogen functional groups attached to an aromatic ring is 1. The summed E-state index contributed by atoms with van der Waals surface area (Å²) in [6, 6.07) is 2.69. The number of nitrogens with one attached hydrogen (secondary N) is 1. The molecule has 6 nitrogen and oxygen atoms in total. The van der Waals surface area contributed by atoms with Crippen molar-refractivity contribution in [3.63, 3.8) is 0 Å². The first-order valence-electron chi connectivity index (χ1n) is 5.43. The van der Waals surface area contributed by atoms with Crippen LogP contribution in [-0.4, -0.2) is 29.1 Å². The molecule has 1 aliphatic carbocycles. The maximum Gasteiger partial charge on any atom is 0.262 e. The van der Waals surface area contributed by atoms with Gasteiger partial charge >= 0.3 is 0 Å². The number of anilines is 2. The molecular weight excluding hydrogens is 206 g/mol. The molecule has 1 aromatic heterocycles. The molecule has 2 fully saturated rings. The molecule has 0 spiro atoms. The molecule has 3 rings (SSSR count). The molecule has 0 bridgehead atoms. The van der Waals surface area contributed by atoms with Crippen LogP contribution in [0, 0.1) is 17.9 Å². The van der Waals surface area contributed by atoms with Gasteiger partial charge in [-0.2, -0.15) is 4.98 Å². The highest BCUT2D eigenvalue weighted by molar-refractivity contribution is 5.39. The van der Waals surface area contributed by atoms with Crippen molar-refractivity contribution >= 4 is 11.8 Å². The first-order valence-corrected chi connectivity index (χ1v) is 5.43. The highest BCUT2D eigenvalue weighted by Gasteiger charge is 2.45. The van der Waals surface area contributed by atoms with Crippen molar-refractivity contribution < 1.29 is 0 Å². The van der Waals surface area contributed by atoms with E-state index in [4.69, 9.17) is 11.5 Å². The number of fused-ring (bicyclic) bond motifs is 1. The molecule has 2 heterocycles. The lowest BCUT2D eigenvalue weighted by Gasteiger charge is -2.35. The van der Waals surface area contributed by atoms with Gasteiger partial charge in [-0.1, -0.05) is 0 Å². The average Bonchev–Trinajstić information content (AvgIpc) is 2.54. The van der Waals surface area contributed by atoms with E-state index in [9.17, 15) is 4.79 Å². The molecule has 3 atom stereocenters. The number of H-pyrrole nitrogens is 1. The number of aromatic amines is 1. The average molecular weight is 220 g/mol. The Morgan fingerprint density at radius 2 is 2.31 bits per heavy atom. The largest absolute Gasteiger partial charge is 0.383 e. The van der Waals surface area contributed by atoms with Crippen LogP contribution in [0.5, 0.6) is 0 Å². The third kappa shape index (κ3) is 1.37. The van der Waals surface area contributed by atoms with Crippen LogP contribution < -0.4 is 21.9 Å². The van der Waals surface area contributed by atoms with Crippen molar-refractivity contribution in [3.8, 4) is 0 Å². The first kappa shape index (κ1) is 9.65. The molecule has 85 valence electrons. The van der Waals surface area contributed by atoms with Gasteiger partial charge in [-0.25, -0.2) is 0 Å². The van der Waals surface area contributed by atoms with Crippen LogP contribution in [0.3, 0.4) is 0 Å². The quantitative estimate of drug-likeness (QED) is 0.560. The second-order valence-corrected chi connectivity index (χ2v) is 4.63. The Morgan fingerprint density at radius 3 is 2.94 bits per heavy atom. The molecule has 2 aliphatic rings. The summed E-state index contributed by atoms with van der Waals surface area (Å²) in [5.41, 5.74) is 11.1. The third-order valence-electron chi connectivity index (χ3n) is 3.61. The molecule has 0 aromatic carbocycles. The second-order valence-electron chi connectivity index (χ2n) is 4.63. The van der Waals surface area contributed by atoms with Crippen LogP contribution in [0.15, 0.2) is 4.79 Å². The summed E-state index contributed by atoms with van der Waals surface area (Å²) in [7, 11) is 0. The Morgan fingerprint density at radius 1 is 1.50 bits per heavy atom. The topological polar surface area (TPSA) is 101 Å². The Labute approximate surface area is 92.6 Å². The van der Waals surface area contributed by atoms with Crippen LogP contribution in [0.2, 0.25) is 0 Å². The van der Waals surface area contributed by atoms with E-state index in [0.717, 1.165) is 19.5 Å². The molecule has 1 aromatic rings. The van der Waals surface area contributed by atoms with Gasteiger partial charge in [0.2, 0.25) is 5.95 Å². The Hall–Kier alpha value is -1.56. The predicted molar refractivity (Wildman–Crippen MR) is 59.9 cm³/mol. The molecule has 6 heteroatoms. The van der Waals surface area contributed by atoms with Gasteiger partial charge < -0.3 is 16.4 Å². The van der Waals surface area contributed by atoms with Crippen LogP contribution in [0.4, 0.5) is 11.8 Å². The van der Waals surface area contributed by atoms with Gasteiger partial charge in [0.25, 0.3) is 5.56 Å². The van der Waals surface area contributed by atoms with E-state index in [0.29, 0.717) is 23.8 Å². The van der Waals surface area contributed by atoms with Gasteiger partial charge in [0, 0.05) is 19.1 Å². The predicted octanol–water partition coefficient (Wildman–Crippen LogP) is -1.06. The smallest absolute Gasteiger partial charge is 0.262 e. The van der Waals surface area contributed by atoms with E-state index in [-0.39, 0.29) is 11.4 Å². The summed E-state index contributed by atoms with van der Waals surface area (Å²) in [5, 5.41) is 0. The van der Waals surface area contributed by atoms with Crippen molar-refractivity contribution in [1.82, 2.24) is 9.97 Å². The van der Waals surface area contributed by atoms with Crippen molar-refractivity contribution in [2.75, 3.05) is 23.7 Å². The SMILES string of the molecule is Nc1[c]c(=O)[nH]c(N2CC3CC(N)C3C2)n1. The van der Waals surface area contributed by atoms with Crippen molar-refractivity contribution in [3.05, 3.63) is 16.4 Å². The van der Waals surface area contributed by atoms with Crippen LogP contribution in [0.25, 0.3) is 0 Å². The third-order valence-corrected chi connectivity index (χ3v) is 3.61. The summed E-state index contributed by atoms with van der Waals surface area (Å²) in [5.74, 6) is 1.87. The van der Waals surface area contributed by atoms with Crippen molar-refractivity contribution in [1.29, 1.82) is 0 Å². The van der Waals surface area contributed by atoms with Crippen LogP contribution in [-0.2, 0) is 0 Å². The number of nitrogens with zero attached hydrogens (tertiary/aromatic N) is 2. The van der Waals surface area contributed by atoms with Gasteiger partial charge in [0.05, 0.1) is 6.07 Å². The highest BCUT2D eigenvalue weighted by atomic mass is 16.1. The number of hydrogen-bond donors (Lipinski definition) is 3. The number of aromatic nitrogens is 2. The minimum atomic E-state index is -0.328. The minimum absolute atomic E-state index is 0.141. The lowest BCUT2D eigenvalue weighted by molar-refractivity contribution is 0.194. The van der Waals surface area contributed by atoms with Gasteiger partial charge in [-0.15, -0.1) is 0 Å². The van der Waals surface area contributed by atoms with Gasteiger partial charge in [-0.3, -0.25) is 9.78 Å². The lowest BCUT2D eigenvalue weighted by atomic mass is 9.72. The highest BCUT2D eigenvalue weighted by Crippen LogP contribution is 2.40. The van der Waals surface area contributed by atoms with E-state index >= 15 is 0 Å². The molecule has 0 amide bonds. The fourth-order valence-corrected chi connectivity index (χ4v) is 2.70. The van der Waals surface area contributed by atoms with Gasteiger partial charge in [0.15, 0.2) is 0 Å². The summed E-state index contributed by atoms with van der Waals surface area (Å²) in [6.07, 6.45) is 1.07. The standard InChI is InChI=1S/C10H14N5O/c11-7-1-5-3-15(4-6(5)7)10-13-8(12)2-9(16)14-10/h5-7H,1,3-4,11H2,(H3,12,13,14,16). The normalized spacial score (nSPS) is 32.3. The van der Waals surface area contributed by atoms with Crippen LogP contribution >= 0.6 is 0 Å². The van der Waals surface area contributed by atoms with E-state index in [1.807, 2.05) is 4.90 Å². The summed E-state index contributed by atoms with van der Waals surface area (Å²) in [6.45, 7) is 1.77. The lowest BCUT2D eigenvalue weighted by Crippen LogP contribution is -2.46. The first-order chi connectivity index (χ1) is 7.63. The molecule has 1 saturated heterocycles. The van der Waals surface area contributed by atoms with E-state index in [2.05, 4.69) is 16.0 Å². The second kappa shape index (κ2) is 3.21. The van der Waals surface area contributed by atoms with E-state index in [1.165, 1.54) is 0 Å². The Balaban J connectivity index is 1.86. The summed E-state index contributed by atoms with van der Waals surface area (Å²) in [4.78, 5) is 20.0. The van der Waals surface area contributed by atoms with E-state index < -0.39 is 0 Å². The molecule has 1 saturated carbocycles. The molecular formula is C10H14N5O. The molecule has 1 aliphatic heterocycles. The molecule has 16 heavy (non-hydrogen) atoms. The van der Waals surface area contributed by atoms with Crippen LogP contribution in [0.1, 0.15) is 6.42 Å². The number of nitrogens with two attached hydrogens (primary N) is 2. The van der Waals surface area contributed by atoms with Crippen molar-refractivity contribution in [2.45, 2.75) is 12.5 Å². The Kier molecular flexibility index (Phi) is 1.94. The maximum atomic E-state index is 11.2. The minimum Gasteiger partial charge on any atom is -0.383 e. The van der Waals surface area contributed by atoms with Crippen molar-refractivity contribution in [2.24, 2.45) is 17.6 Å². The summed E-state index contributed by atoms with van der Waals surface area (Å²) >= 11 is 0. The fourth-order valence-electron chi connectivity index (χ4n) is 2.70. The monoisotopic (exact) mass is 220 g/mol. The summed E-state index contributed by atoms with van der Waals surface area (Å²) < 4.78 is 0. The molecule has 5 N–H and O–H groups in total. The van der Waals surface area contributed by atoms with E-state index in [1.54, 1.807) is 0 Å². The number of rotatable bonds is 1. The zero-order chi connectivity index (χ0) is 11.3. The molecule has 1 radical (unpaired) electrons. The number of hydrogen-bond acceptors (Lipinski definition) is 5. The fraction of sp³-hybridized carbons (Fsp3) is 0.600. The van der Waals surface area contributed by atoms with Gasteiger partial charge in [-0.05, 0) is 18.3 Å². The Bertz CT molecular complexity index is 471. The maximum absolute atomic E-state index is 11.2. The zero-order valence-electron chi connectivity index (χ0n) is 8.81. The zero-order valence-corrected chi connectivity index (χ0v) is 8.81. The molecule has 3 unspecified atom stereocenters.